The van der Waals surface area contributed by atoms with Gasteiger partial charge in [-0.15, -0.1) is 0 Å². The summed E-state index contributed by atoms with van der Waals surface area (Å²) in [4.78, 5) is 29.0. The first-order chi connectivity index (χ1) is 22.4. The number of likely N-dealkylation sites (tertiary alicyclic amines) is 1. The first kappa shape index (κ1) is 33.5. The van der Waals surface area contributed by atoms with Crippen molar-refractivity contribution in [2.75, 3.05) is 46.1 Å². The van der Waals surface area contributed by atoms with E-state index in [1.54, 1.807) is 80.7 Å². The van der Waals surface area contributed by atoms with Gasteiger partial charge in [-0.2, -0.15) is 0 Å². The molecule has 1 heterocycles. The van der Waals surface area contributed by atoms with Crippen LogP contribution in [0.4, 0.5) is 5.69 Å². The van der Waals surface area contributed by atoms with Crippen LogP contribution in [-0.2, 0) is 14.8 Å². The van der Waals surface area contributed by atoms with Gasteiger partial charge in [0.05, 0.1) is 25.9 Å². The molecule has 4 aromatic rings. The Morgan fingerprint density at radius 2 is 1.57 bits per heavy atom. The Hall–Kier alpha value is -4.87. The molecule has 0 aliphatic carbocycles. The van der Waals surface area contributed by atoms with Crippen molar-refractivity contribution in [1.29, 1.82) is 0 Å². The molecule has 2 atom stereocenters. The monoisotopic (exact) mass is 657 g/mol. The van der Waals surface area contributed by atoms with Crippen LogP contribution in [0.3, 0.4) is 0 Å². The van der Waals surface area contributed by atoms with Crippen LogP contribution in [0.1, 0.15) is 31.8 Å². The highest BCUT2D eigenvalue weighted by atomic mass is 32.2. The molecule has 0 spiro atoms. The van der Waals surface area contributed by atoms with Crippen LogP contribution in [0.2, 0.25) is 0 Å². The van der Waals surface area contributed by atoms with Gasteiger partial charge in [0.25, 0.3) is 21.8 Å². The number of anilines is 1. The zero-order chi connectivity index (χ0) is 33.9. The predicted molar refractivity (Wildman–Crippen MR) is 181 cm³/mol. The molecule has 11 heteroatoms. The summed E-state index contributed by atoms with van der Waals surface area (Å²) in [5, 5.41) is 0. The average Bonchev–Trinajstić information content (AvgIpc) is 3.47. The molecule has 1 saturated heterocycles. The second kappa shape index (κ2) is 13.9. The maximum Gasteiger partial charge on any atom is 0.265 e. The SMILES string of the molecule is COc1ccc(-c2cccc(C(=O)N(C)C)c2)cc1S(=O)(=O)Nc1cccc(OC2CN(C(=O)c3cc(C)ccc3C)CC2OC)c1. The number of sulfonamides is 1. The van der Waals surface area contributed by atoms with Gasteiger partial charge in [0, 0.05) is 38.4 Å². The maximum atomic E-state index is 13.7. The maximum absolute atomic E-state index is 13.7. The summed E-state index contributed by atoms with van der Waals surface area (Å²) in [6.07, 6.45) is -0.837. The molecule has 0 radical (unpaired) electrons. The highest BCUT2D eigenvalue weighted by molar-refractivity contribution is 7.92. The number of nitrogens with one attached hydrogen (secondary N) is 1. The lowest BCUT2D eigenvalue weighted by Crippen LogP contribution is -2.32. The van der Waals surface area contributed by atoms with Gasteiger partial charge < -0.3 is 24.0 Å². The summed E-state index contributed by atoms with van der Waals surface area (Å²) < 4.78 is 47.5. The molecule has 10 nitrogen and oxygen atoms in total. The van der Waals surface area contributed by atoms with Crippen molar-refractivity contribution in [3.63, 3.8) is 0 Å². The fraction of sp³-hybridized carbons (Fsp3) is 0.278. The van der Waals surface area contributed by atoms with Gasteiger partial charge in [-0.25, -0.2) is 8.42 Å². The number of rotatable bonds is 10. The van der Waals surface area contributed by atoms with Crippen molar-refractivity contribution in [2.45, 2.75) is 31.0 Å². The smallest absolute Gasteiger partial charge is 0.265 e. The number of methoxy groups -OCH3 is 2. The lowest BCUT2D eigenvalue weighted by atomic mass is 10.0. The number of carbonyl (C=O) groups excluding carboxylic acids is 2. The Bertz CT molecular complexity index is 1910. The minimum atomic E-state index is -4.13. The van der Waals surface area contributed by atoms with Gasteiger partial charge in [0.15, 0.2) is 0 Å². The van der Waals surface area contributed by atoms with Crippen LogP contribution in [0, 0.1) is 13.8 Å². The summed E-state index contributed by atoms with van der Waals surface area (Å²) in [5.74, 6) is 0.332. The zero-order valence-corrected chi connectivity index (χ0v) is 28.1. The fourth-order valence-electron chi connectivity index (χ4n) is 5.56. The van der Waals surface area contributed by atoms with Crippen molar-refractivity contribution in [1.82, 2.24) is 9.80 Å². The van der Waals surface area contributed by atoms with Crippen LogP contribution in [-0.4, -0.2) is 83.6 Å². The third-order valence-electron chi connectivity index (χ3n) is 8.10. The minimum absolute atomic E-state index is 0.0657. The number of aryl methyl sites for hydroxylation is 2. The second-order valence-electron chi connectivity index (χ2n) is 11.7. The van der Waals surface area contributed by atoms with E-state index in [-0.39, 0.29) is 34.3 Å². The van der Waals surface area contributed by atoms with E-state index in [1.165, 1.54) is 18.1 Å². The van der Waals surface area contributed by atoms with Crippen molar-refractivity contribution in [3.8, 4) is 22.6 Å². The quantitative estimate of drug-likeness (QED) is 0.243. The van der Waals surface area contributed by atoms with Gasteiger partial charge in [0.1, 0.15) is 28.6 Å². The lowest BCUT2D eigenvalue weighted by molar-refractivity contribution is 0.0340. The molecule has 246 valence electrons. The third-order valence-corrected chi connectivity index (χ3v) is 9.51. The van der Waals surface area contributed by atoms with Crippen LogP contribution in [0.25, 0.3) is 11.1 Å². The molecule has 1 N–H and O–H groups in total. The molecule has 2 unspecified atom stereocenters. The summed E-state index contributed by atoms with van der Waals surface area (Å²) >= 11 is 0. The van der Waals surface area contributed by atoms with Crippen molar-refractivity contribution in [2.24, 2.45) is 0 Å². The molecule has 1 aliphatic rings. The Morgan fingerprint density at radius 1 is 0.851 bits per heavy atom. The number of nitrogens with zero attached hydrogens (tertiary/aromatic N) is 2. The molecule has 1 aliphatic heterocycles. The topological polar surface area (TPSA) is 114 Å². The normalized spacial score (nSPS) is 16.1. The van der Waals surface area contributed by atoms with Gasteiger partial charge >= 0.3 is 0 Å². The van der Waals surface area contributed by atoms with E-state index >= 15 is 0 Å². The van der Waals surface area contributed by atoms with Gasteiger partial charge in [-0.1, -0.05) is 42.0 Å². The summed E-state index contributed by atoms with van der Waals surface area (Å²) in [6, 6.07) is 24.3. The predicted octanol–water partition coefficient (Wildman–Crippen LogP) is 5.40. The average molecular weight is 658 g/mol. The number of hydrogen-bond acceptors (Lipinski definition) is 7. The highest BCUT2D eigenvalue weighted by Gasteiger charge is 2.38. The second-order valence-corrected chi connectivity index (χ2v) is 13.4. The molecule has 5 rings (SSSR count). The number of amides is 2. The Kier molecular flexibility index (Phi) is 9.88. The Morgan fingerprint density at radius 3 is 2.30 bits per heavy atom. The van der Waals surface area contributed by atoms with E-state index in [0.717, 1.165) is 11.1 Å². The molecular formula is C36H39N3O7S. The molecule has 0 aromatic heterocycles. The van der Waals surface area contributed by atoms with E-state index in [4.69, 9.17) is 14.2 Å². The van der Waals surface area contributed by atoms with Gasteiger partial charge in [0.2, 0.25) is 0 Å². The van der Waals surface area contributed by atoms with Crippen molar-refractivity contribution in [3.05, 3.63) is 107 Å². The van der Waals surface area contributed by atoms with Gasteiger partial charge in [-0.05, 0) is 73.0 Å². The highest BCUT2D eigenvalue weighted by Crippen LogP contribution is 2.33. The van der Waals surface area contributed by atoms with E-state index in [9.17, 15) is 18.0 Å². The zero-order valence-electron chi connectivity index (χ0n) is 27.3. The van der Waals surface area contributed by atoms with Crippen LogP contribution >= 0.6 is 0 Å². The molecule has 1 fully saturated rings. The molecule has 0 saturated carbocycles. The standard InChI is InChI=1S/C36H39N3O7S/c1-23-13-14-24(2)30(17-23)36(41)39-21-32(45-6)33(22-39)46-29-12-8-11-28(20-29)37-47(42,43)34-19-26(15-16-31(34)44-5)25-9-7-10-27(18-25)35(40)38(3)4/h7-20,32-33,37H,21-22H2,1-6H3. The Balaban J connectivity index is 1.35. The van der Waals surface area contributed by atoms with Crippen LogP contribution in [0.15, 0.2) is 89.8 Å². The third kappa shape index (κ3) is 7.42. The number of benzene rings is 4. The first-order valence-corrected chi connectivity index (χ1v) is 16.6. The van der Waals surface area contributed by atoms with Crippen LogP contribution < -0.4 is 14.2 Å². The molecule has 0 bridgehead atoms. The first-order valence-electron chi connectivity index (χ1n) is 15.1. The summed E-state index contributed by atoms with van der Waals surface area (Å²) in [7, 11) is 2.20. The van der Waals surface area contributed by atoms with Gasteiger partial charge in [-0.3, -0.25) is 14.3 Å². The van der Waals surface area contributed by atoms with Crippen molar-refractivity contribution < 1.29 is 32.2 Å². The van der Waals surface area contributed by atoms with E-state index in [0.29, 0.717) is 41.1 Å². The summed E-state index contributed by atoms with van der Waals surface area (Å²) in [6.45, 7) is 4.54. The molecule has 4 aromatic carbocycles. The number of hydrogen-bond donors (Lipinski definition) is 1. The van der Waals surface area contributed by atoms with E-state index in [2.05, 4.69) is 4.72 Å². The van der Waals surface area contributed by atoms with Crippen molar-refractivity contribution >= 4 is 27.5 Å². The number of carbonyl (C=O) groups is 2. The number of ether oxygens (including phenoxy) is 3. The lowest BCUT2D eigenvalue weighted by Gasteiger charge is -2.20. The van der Waals surface area contributed by atoms with E-state index < -0.39 is 16.1 Å². The molecule has 2 amide bonds. The molecular weight excluding hydrogens is 618 g/mol. The van der Waals surface area contributed by atoms with E-state index in [1.807, 2.05) is 38.1 Å². The summed E-state index contributed by atoms with van der Waals surface area (Å²) in [5.41, 5.74) is 4.59. The largest absolute Gasteiger partial charge is 0.495 e. The Labute approximate surface area is 275 Å². The molecule has 47 heavy (non-hydrogen) atoms. The minimum Gasteiger partial charge on any atom is -0.495 e. The fourth-order valence-corrected chi connectivity index (χ4v) is 6.81. The van der Waals surface area contributed by atoms with Crippen LogP contribution in [0.5, 0.6) is 11.5 Å².